The third kappa shape index (κ3) is 1.71. The molecule has 1 rings (SSSR count). The van der Waals surface area contributed by atoms with Gasteiger partial charge in [0.1, 0.15) is 0 Å². The highest BCUT2D eigenvalue weighted by Crippen LogP contribution is 2.14. The van der Waals surface area contributed by atoms with Crippen LogP contribution < -0.4 is 0 Å². The fourth-order valence-electron chi connectivity index (χ4n) is 1.63. The van der Waals surface area contributed by atoms with Crippen molar-refractivity contribution in [2.24, 2.45) is 0 Å². The second-order valence-electron chi connectivity index (χ2n) is 3.56. The van der Waals surface area contributed by atoms with Gasteiger partial charge in [-0.05, 0) is 38.8 Å². The van der Waals surface area contributed by atoms with Gasteiger partial charge in [0.2, 0.25) is 0 Å². The van der Waals surface area contributed by atoms with E-state index in [1.54, 1.807) is 0 Å². The summed E-state index contributed by atoms with van der Waals surface area (Å²) < 4.78 is 2.42. The van der Waals surface area contributed by atoms with E-state index < -0.39 is 0 Å². The Labute approximate surface area is 75.4 Å². The van der Waals surface area contributed by atoms with Crippen LogP contribution in [-0.2, 0) is 6.54 Å². The Morgan fingerprint density at radius 2 is 1.92 bits per heavy atom. The summed E-state index contributed by atoms with van der Waals surface area (Å²) in [6.45, 7) is 10.0. The topological polar surface area (TPSA) is 4.93 Å². The van der Waals surface area contributed by atoms with Gasteiger partial charge < -0.3 is 4.57 Å². The van der Waals surface area contributed by atoms with Gasteiger partial charge in [-0.2, -0.15) is 0 Å². The zero-order valence-electron chi connectivity index (χ0n) is 8.65. The van der Waals surface area contributed by atoms with Crippen LogP contribution in [0.3, 0.4) is 0 Å². The lowest BCUT2D eigenvalue weighted by Gasteiger charge is -2.07. The van der Waals surface area contributed by atoms with Gasteiger partial charge in [0, 0.05) is 17.9 Å². The summed E-state index contributed by atoms with van der Waals surface area (Å²) in [5.74, 6) is 0. The van der Waals surface area contributed by atoms with Gasteiger partial charge >= 0.3 is 0 Å². The van der Waals surface area contributed by atoms with Gasteiger partial charge in [-0.1, -0.05) is 13.3 Å². The lowest BCUT2D eigenvalue weighted by atomic mass is 10.3. The number of rotatable bonds is 3. The molecule has 0 atom stereocenters. The van der Waals surface area contributed by atoms with Crippen LogP contribution in [0, 0.1) is 20.8 Å². The Morgan fingerprint density at radius 3 is 2.33 bits per heavy atom. The van der Waals surface area contributed by atoms with Crippen LogP contribution in [0.25, 0.3) is 0 Å². The molecule has 0 fully saturated rings. The fourth-order valence-corrected chi connectivity index (χ4v) is 1.63. The third-order valence-electron chi connectivity index (χ3n) is 2.56. The monoisotopic (exact) mass is 165 g/mol. The highest BCUT2D eigenvalue weighted by atomic mass is 15.0. The molecular weight excluding hydrogens is 146 g/mol. The fraction of sp³-hybridized carbons (Fsp3) is 0.636. The largest absolute Gasteiger partial charge is 0.349 e. The predicted molar refractivity (Wildman–Crippen MR) is 53.6 cm³/mol. The van der Waals surface area contributed by atoms with Crippen LogP contribution in [0.5, 0.6) is 0 Å². The predicted octanol–water partition coefficient (Wildman–Crippen LogP) is 3.21. The highest BCUT2D eigenvalue weighted by molar-refractivity contribution is 5.24. The van der Waals surface area contributed by atoms with Crippen LogP contribution in [0.2, 0.25) is 0 Å². The first kappa shape index (κ1) is 9.37. The maximum atomic E-state index is 2.42. The Morgan fingerprint density at radius 1 is 1.25 bits per heavy atom. The average molecular weight is 165 g/mol. The number of nitrogens with zero attached hydrogens (tertiary/aromatic N) is 1. The van der Waals surface area contributed by atoms with Crippen LogP contribution >= 0.6 is 0 Å². The first-order chi connectivity index (χ1) is 5.66. The van der Waals surface area contributed by atoms with Crippen LogP contribution in [0.1, 0.15) is 36.7 Å². The smallest absolute Gasteiger partial charge is 0.0224 e. The molecule has 0 aliphatic carbocycles. The second kappa shape index (κ2) is 3.79. The maximum Gasteiger partial charge on any atom is 0.0224 e. The van der Waals surface area contributed by atoms with Gasteiger partial charge in [-0.15, -0.1) is 0 Å². The molecule has 0 aliphatic rings. The molecule has 0 saturated heterocycles. The minimum absolute atomic E-state index is 1.18. The first-order valence-corrected chi connectivity index (χ1v) is 4.80. The summed E-state index contributed by atoms with van der Waals surface area (Å²) in [7, 11) is 0. The number of aromatic nitrogens is 1. The van der Waals surface area contributed by atoms with E-state index in [-0.39, 0.29) is 0 Å². The van der Waals surface area contributed by atoms with E-state index in [0.29, 0.717) is 0 Å². The zero-order chi connectivity index (χ0) is 9.14. The van der Waals surface area contributed by atoms with Gasteiger partial charge in [0.05, 0.1) is 0 Å². The van der Waals surface area contributed by atoms with E-state index in [1.165, 1.54) is 36.3 Å². The second-order valence-corrected chi connectivity index (χ2v) is 3.56. The molecule has 0 unspecified atom stereocenters. The third-order valence-corrected chi connectivity index (χ3v) is 2.56. The molecule has 0 spiro atoms. The normalized spacial score (nSPS) is 10.7. The van der Waals surface area contributed by atoms with Gasteiger partial charge in [-0.3, -0.25) is 0 Å². The maximum absolute atomic E-state index is 2.42. The summed E-state index contributed by atoms with van der Waals surface area (Å²) in [4.78, 5) is 0. The number of aryl methyl sites for hydroxylation is 2. The van der Waals surface area contributed by atoms with Crippen molar-refractivity contribution in [3.05, 3.63) is 23.0 Å². The average Bonchev–Trinajstić information content (AvgIpc) is 2.25. The van der Waals surface area contributed by atoms with Crippen LogP contribution in [0.4, 0.5) is 0 Å². The Kier molecular flexibility index (Phi) is 2.96. The van der Waals surface area contributed by atoms with E-state index in [4.69, 9.17) is 0 Å². The molecule has 1 heterocycles. The molecule has 0 radical (unpaired) electrons. The van der Waals surface area contributed by atoms with Crippen molar-refractivity contribution in [1.29, 1.82) is 0 Å². The molecule has 1 aromatic rings. The van der Waals surface area contributed by atoms with Crippen molar-refractivity contribution in [3.8, 4) is 0 Å². The minimum atomic E-state index is 1.18. The number of unbranched alkanes of at least 4 members (excludes halogenated alkanes) is 1. The van der Waals surface area contributed by atoms with E-state index in [1.807, 2.05) is 0 Å². The molecule has 12 heavy (non-hydrogen) atoms. The Hall–Kier alpha value is -0.720. The first-order valence-electron chi connectivity index (χ1n) is 4.80. The Balaban J connectivity index is 2.82. The molecule has 1 aromatic heterocycles. The summed E-state index contributed by atoms with van der Waals surface area (Å²) in [6.07, 6.45) is 2.56. The number of hydrogen-bond acceptors (Lipinski definition) is 0. The van der Waals surface area contributed by atoms with Crippen molar-refractivity contribution < 1.29 is 0 Å². The van der Waals surface area contributed by atoms with Crippen LogP contribution in [-0.4, -0.2) is 4.57 Å². The van der Waals surface area contributed by atoms with E-state index in [0.717, 1.165) is 0 Å². The molecule has 0 N–H and O–H groups in total. The van der Waals surface area contributed by atoms with E-state index >= 15 is 0 Å². The van der Waals surface area contributed by atoms with Crippen molar-refractivity contribution >= 4 is 0 Å². The van der Waals surface area contributed by atoms with Crippen LogP contribution in [0.15, 0.2) is 6.07 Å². The highest BCUT2D eigenvalue weighted by Gasteiger charge is 2.03. The molecule has 0 amide bonds. The Bertz CT molecular complexity index is 258. The SMILES string of the molecule is CCCCn1c(C)cc(C)c1C. The quantitative estimate of drug-likeness (QED) is 0.648. The minimum Gasteiger partial charge on any atom is -0.349 e. The molecule has 1 nitrogen and oxygen atoms in total. The van der Waals surface area contributed by atoms with Gasteiger partial charge in [0.15, 0.2) is 0 Å². The summed E-state index contributed by atoms with van der Waals surface area (Å²) >= 11 is 0. The molecule has 0 saturated carbocycles. The molecule has 0 bridgehead atoms. The lowest BCUT2D eigenvalue weighted by molar-refractivity contribution is 0.608. The molecule has 1 heteroatoms. The molecule has 0 aliphatic heterocycles. The molecule has 68 valence electrons. The zero-order valence-corrected chi connectivity index (χ0v) is 8.65. The summed E-state index contributed by atoms with van der Waals surface area (Å²) in [5.41, 5.74) is 4.25. The standard InChI is InChI=1S/C11H19N/c1-5-6-7-12-10(3)8-9(2)11(12)4/h8H,5-7H2,1-4H3. The van der Waals surface area contributed by atoms with E-state index in [2.05, 4.69) is 38.3 Å². The molecule has 0 aromatic carbocycles. The van der Waals surface area contributed by atoms with Crippen molar-refractivity contribution in [3.63, 3.8) is 0 Å². The summed E-state index contributed by atoms with van der Waals surface area (Å²) in [6, 6.07) is 2.27. The van der Waals surface area contributed by atoms with Gasteiger partial charge in [-0.25, -0.2) is 0 Å². The van der Waals surface area contributed by atoms with Crippen molar-refractivity contribution in [2.75, 3.05) is 0 Å². The van der Waals surface area contributed by atoms with E-state index in [9.17, 15) is 0 Å². The van der Waals surface area contributed by atoms with Crippen molar-refractivity contribution in [2.45, 2.75) is 47.1 Å². The molecular formula is C11H19N. The summed E-state index contributed by atoms with van der Waals surface area (Å²) in [5, 5.41) is 0. The lowest BCUT2D eigenvalue weighted by Crippen LogP contribution is -2.01. The number of hydrogen-bond donors (Lipinski definition) is 0. The van der Waals surface area contributed by atoms with Crippen molar-refractivity contribution in [1.82, 2.24) is 4.57 Å². The van der Waals surface area contributed by atoms with Gasteiger partial charge in [0.25, 0.3) is 0 Å².